The molecule has 1 heterocycles. The van der Waals surface area contributed by atoms with E-state index < -0.39 is 0 Å². The second-order valence-electron chi connectivity index (χ2n) is 7.04. The van der Waals surface area contributed by atoms with Crippen molar-refractivity contribution in [3.8, 4) is 11.5 Å². The van der Waals surface area contributed by atoms with E-state index in [1.807, 2.05) is 12.1 Å². The molecule has 0 spiro atoms. The minimum atomic E-state index is -0.272. The number of hydrogen-bond acceptors (Lipinski definition) is 4. The smallest absolute Gasteiger partial charge is 0.175 e. The maximum atomic E-state index is 13.8. The summed E-state index contributed by atoms with van der Waals surface area (Å²) in [6.07, 6.45) is 2.55. The number of nitrogens with zero attached hydrogens (tertiary/aromatic N) is 1. The standard InChI is InChI=1S/C22H28BrFN2O2.2ClH/c1-3-26-10-6-8-18(26)14-25-13-16-11-19(23)22(21(12-16)27-2)28-15-17-7-4-5-9-20(17)24;;/h4-5,7,9,11-12,18,25H,3,6,8,10,13-15H2,1-2H3;2*1H. The lowest BCUT2D eigenvalue weighted by Gasteiger charge is -2.23. The Morgan fingerprint density at radius 1 is 1.23 bits per heavy atom. The van der Waals surface area contributed by atoms with Crippen LogP contribution in [0.2, 0.25) is 0 Å². The Balaban J connectivity index is 0.00000225. The second kappa shape index (κ2) is 13.4. The summed E-state index contributed by atoms with van der Waals surface area (Å²) in [6.45, 7) is 6.43. The van der Waals surface area contributed by atoms with Crippen LogP contribution in [-0.4, -0.2) is 37.7 Å². The van der Waals surface area contributed by atoms with Crippen LogP contribution in [0.3, 0.4) is 0 Å². The number of nitrogens with one attached hydrogen (secondary N) is 1. The SMILES string of the molecule is CCN1CCCC1CNCc1cc(Br)c(OCc2ccccc2F)c(OC)c1.Cl.Cl. The van der Waals surface area contributed by atoms with Gasteiger partial charge in [-0.3, -0.25) is 4.90 Å². The molecule has 0 amide bonds. The molecular formula is C22H30BrCl2FN2O2. The summed E-state index contributed by atoms with van der Waals surface area (Å²) in [4.78, 5) is 2.53. The van der Waals surface area contributed by atoms with Gasteiger partial charge in [0.25, 0.3) is 0 Å². The van der Waals surface area contributed by atoms with Crippen molar-refractivity contribution in [1.29, 1.82) is 0 Å². The Labute approximate surface area is 199 Å². The average Bonchev–Trinajstić information content (AvgIpc) is 3.15. The zero-order valence-electron chi connectivity index (χ0n) is 17.3. The fourth-order valence-corrected chi connectivity index (χ4v) is 4.31. The highest BCUT2D eigenvalue weighted by Crippen LogP contribution is 2.37. The average molecular weight is 524 g/mol. The van der Waals surface area contributed by atoms with Crippen LogP contribution in [0.25, 0.3) is 0 Å². The number of methoxy groups -OCH3 is 1. The molecule has 168 valence electrons. The molecule has 0 aliphatic carbocycles. The highest BCUT2D eigenvalue weighted by atomic mass is 79.9. The quantitative estimate of drug-likeness (QED) is 0.464. The van der Waals surface area contributed by atoms with Crippen molar-refractivity contribution in [2.24, 2.45) is 0 Å². The largest absolute Gasteiger partial charge is 0.493 e. The molecule has 4 nitrogen and oxygen atoms in total. The van der Waals surface area contributed by atoms with Crippen LogP contribution in [0, 0.1) is 5.82 Å². The molecule has 2 aromatic rings. The van der Waals surface area contributed by atoms with E-state index in [0.717, 1.165) is 29.7 Å². The fourth-order valence-electron chi connectivity index (χ4n) is 3.71. The molecule has 8 heteroatoms. The lowest BCUT2D eigenvalue weighted by atomic mass is 10.1. The van der Waals surface area contributed by atoms with Gasteiger partial charge in [0.05, 0.1) is 11.6 Å². The van der Waals surface area contributed by atoms with Crippen LogP contribution >= 0.6 is 40.7 Å². The van der Waals surface area contributed by atoms with E-state index in [1.165, 1.54) is 25.5 Å². The zero-order chi connectivity index (χ0) is 19.9. The molecule has 1 saturated heterocycles. The van der Waals surface area contributed by atoms with Gasteiger partial charge in [-0.2, -0.15) is 0 Å². The Hall–Kier alpha value is -1.05. The lowest BCUT2D eigenvalue weighted by Crippen LogP contribution is -2.37. The Bertz CT molecular complexity index is 798. The van der Waals surface area contributed by atoms with Gasteiger partial charge in [0.15, 0.2) is 11.5 Å². The van der Waals surface area contributed by atoms with Gasteiger partial charge < -0.3 is 14.8 Å². The van der Waals surface area contributed by atoms with Crippen LogP contribution in [0.5, 0.6) is 11.5 Å². The third-order valence-corrected chi connectivity index (χ3v) is 5.82. The van der Waals surface area contributed by atoms with Gasteiger partial charge in [0.2, 0.25) is 0 Å². The summed E-state index contributed by atoms with van der Waals surface area (Å²) < 4.78 is 26.0. The molecule has 1 atom stereocenters. The van der Waals surface area contributed by atoms with E-state index in [9.17, 15) is 4.39 Å². The minimum Gasteiger partial charge on any atom is -0.493 e. The van der Waals surface area contributed by atoms with Gasteiger partial charge in [-0.05, 0) is 65.6 Å². The maximum absolute atomic E-state index is 13.8. The summed E-state index contributed by atoms with van der Waals surface area (Å²) in [5, 5.41) is 3.56. The van der Waals surface area contributed by atoms with Crippen LogP contribution in [0.15, 0.2) is 40.9 Å². The van der Waals surface area contributed by atoms with Gasteiger partial charge in [0.1, 0.15) is 12.4 Å². The first-order valence-corrected chi connectivity index (χ1v) is 10.6. The number of ether oxygens (including phenoxy) is 2. The molecule has 2 aromatic carbocycles. The van der Waals surface area contributed by atoms with Gasteiger partial charge in [0, 0.05) is 24.7 Å². The third-order valence-electron chi connectivity index (χ3n) is 5.23. The van der Waals surface area contributed by atoms with Gasteiger partial charge in [-0.15, -0.1) is 24.8 Å². The number of rotatable bonds is 9. The van der Waals surface area contributed by atoms with E-state index in [0.29, 0.717) is 23.1 Å². The fraction of sp³-hybridized carbons (Fsp3) is 0.455. The first-order chi connectivity index (χ1) is 13.6. The first-order valence-electron chi connectivity index (χ1n) is 9.79. The van der Waals surface area contributed by atoms with E-state index >= 15 is 0 Å². The summed E-state index contributed by atoms with van der Waals surface area (Å²) in [7, 11) is 1.62. The number of likely N-dealkylation sites (tertiary alicyclic amines) is 1. The molecule has 1 fully saturated rings. The molecule has 0 bridgehead atoms. The summed E-state index contributed by atoms with van der Waals surface area (Å²) in [6, 6.07) is 11.2. The molecule has 30 heavy (non-hydrogen) atoms. The molecule has 1 unspecified atom stereocenters. The minimum absolute atomic E-state index is 0. The van der Waals surface area contributed by atoms with Crippen molar-refractivity contribution in [2.75, 3.05) is 26.7 Å². The third kappa shape index (κ3) is 6.99. The predicted octanol–water partition coefficient (Wildman–Crippen LogP) is 5.59. The van der Waals surface area contributed by atoms with Crippen LogP contribution < -0.4 is 14.8 Å². The Morgan fingerprint density at radius 2 is 2.00 bits per heavy atom. The van der Waals surface area contributed by atoms with Crippen molar-refractivity contribution in [3.05, 3.63) is 57.8 Å². The number of hydrogen-bond donors (Lipinski definition) is 1. The van der Waals surface area contributed by atoms with Crippen molar-refractivity contribution in [2.45, 2.75) is 39.0 Å². The van der Waals surface area contributed by atoms with Crippen LogP contribution in [0.4, 0.5) is 4.39 Å². The van der Waals surface area contributed by atoms with E-state index in [1.54, 1.807) is 25.3 Å². The van der Waals surface area contributed by atoms with E-state index in [4.69, 9.17) is 9.47 Å². The highest BCUT2D eigenvalue weighted by Gasteiger charge is 2.22. The summed E-state index contributed by atoms with van der Waals surface area (Å²) >= 11 is 3.58. The molecule has 0 aromatic heterocycles. The molecule has 1 N–H and O–H groups in total. The monoisotopic (exact) mass is 522 g/mol. The van der Waals surface area contributed by atoms with Crippen molar-refractivity contribution < 1.29 is 13.9 Å². The van der Waals surface area contributed by atoms with Gasteiger partial charge in [-0.25, -0.2) is 4.39 Å². The molecule has 3 rings (SSSR count). The van der Waals surface area contributed by atoms with Crippen molar-refractivity contribution in [3.63, 3.8) is 0 Å². The van der Waals surface area contributed by atoms with E-state index in [2.05, 4.69) is 33.1 Å². The summed E-state index contributed by atoms with van der Waals surface area (Å²) in [5.41, 5.74) is 1.63. The second-order valence-corrected chi connectivity index (χ2v) is 7.90. The van der Waals surface area contributed by atoms with Crippen molar-refractivity contribution in [1.82, 2.24) is 10.2 Å². The highest BCUT2D eigenvalue weighted by molar-refractivity contribution is 9.10. The number of benzene rings is 2. The first kappa shape index (κ1) is 27.0. The van der Waals surface area contributed by atoms with E-state index in [-0.39, 0.29) is 37.2 Å². The van der Waals surface area contributed by atoms with Crippen LogP contribution in [0.1, 0.15) is 30.9 Å². The Morgan fingerprint density at radius 3 is 2.70 bits per heavy atom. The number of likely N-dealkylation sites (N-methyl/N-ethyl adjacent to an activating group) is 1. The molecule has 0 saturated carbocycles. The molecule has 1 aliphatic rings. The predicted molar refractivity (Wildman–Crippen MR) is 128 cm³/mol. The zero-order valence-corrected chi connectivity index (χ0v) is 20.5. The van der Waals surface area contributed by atoms with Gasteiger partial charge >= 0.3 is 0 Å². The van der Waals surface area contributed by atoms with Crippen molar-refractivity contribution >= 4 is 40.7 Å². The number of halogens is 4. The molecule has 0 radical (unpaired) electrons. The normalized spacial score (nSPS) is 15.9. The van der Waals surface area contributed by atoms with Gasteiger partial charge in [-0.1, -0.05) is 25.1 Å². The van der Waals surface area contributed by atoms with Crippen LogP contribution in [-0.2, 0) is 13.2 Å². The molecular weight excluding hydrogens is 494 g/mol. The molecule has 1 aliphatic heterocycles. The summed E-state index contributed by atoms with van der Waals surface area (Å²) in [5.74, 6) is 0.951. The lowest BCUT2D eigenvalue weighted by molar-refractivity contribution is 0.259. The topological polar surface area (TPSA) is 33.7 Å². The Kier molecular flexibility index (Phi) is 12.0. The maximum Gasteiger partial charge on any atom is 0.175 e.